The Kier molecular flexibility index (Phi) is 7.66. The average molecular weight is 422 g/mol. The van der Waals surface area contributed by atoms with Gasteiger partial charge in [-0.2, -0.15) is 0 Å². The molecule has 6 N–H and O–H groups in total. The van der Waals surface area contributed by atoms with E-state index in [0.29, 0.717) is 24.8 Å². The van der Waals surface area contributed by atoms with Crippen LogP contribution in [0.1, 0.15) is 31.2 Å². The lowest BCUT2D eigenvalue weighted by atomic mass is 9.98. The van der Waals surface area contributed by atoms with Gasteiger partial charge in [0.1, 0.15) is 5.84 Å². The van der Waals surface area contributed by atoms with E-state index in [4.69, 9.17) is 11.5 Å². The molecule has 0 radical (unpaired) electrons. The predicted molar refractivity (Wildman–Crippen MR) is 110 cm³/mol. The lowest BCUT2D eigenvalue weighted by Crippen LogP contribution is -2.35. The molecule has 2 rings (SSSR count). The van der Waals surface area contributed by atoms with Gasteiger partial charge >= 0.3 is 0 Å². The first kappa shape index (κ1) is 20.5. The largest absolute Gasteiger partial charge is 0.391 e. The third kappa shape index (κ3) is 5.08. The van der Waals surface area contributed by atoms with Gasteiger partial charge in [0.05, 0.1) is 12.5 Å². The molecular weight excluding hydrogens is 394 g/mol. The summed E-state index contributed by atoms with van der Waals surface area (Å²) < 4.78 is 0.971. The monoisotopic (exact) mass is 421 g/mol. The highest BCUT2D eigenvalue weighted by Crippen LogP contribution is 2.29. The van der Waals surface area contributed by atoms with Crippen molar-refractivity contribution in [2.24, 2.45) is 22.4 Å². The fourth-order valence-electron chi connectivity index (χ4n) is 3.26. The Labute approximate surface area is 163 Å². The van der Waals surface area contributed by atoms with Gasteiger partial charge in [-0.1, -0.05) is 35.0 Å². The lowest BCUT2D eigenvalue weighted by Gasteiger charge is -2.15. The number of allylic oxidation sites excluding steroid dienone is 1. The Morgan fingerprint density at radius 1 is 1.38 bits per heavy atom. The average Bonchev–Trinajstić information content (AvgIpc) is 3.01. The van der Waals surface area contributed by atoms with Gasteiger partial charge in [0, 0.05) is 35.9 Å². The van der Waals surface area contributed by atoms with Crippen LogP contribution in [-0.2, 0) is 4.79 Å². The summed E-state index contributed by atoms with van der Waals surface area (Å²) in [6, 6.07) is 7.63. The lowest BCUT2D eigenvalue weighted by molar-refractivity contribution is -0.122. The van der Waals surface area contributed by atoms with Crippen LogP contribution in [0.15, 0.2) is 45.0 Å². The second kappa shape index (κ2) is 9.73. The van der Waals surface area contributed by atoms with Crippen LogP contribution in [-0.4, -0.2) is 38.4 Å². The first-order chi connectivity index (χ1) is 12.5. The van der Waals surface area contributed by atoms with Crippen molar-refractivity contribution in [2.75, 3.05) is 26.7 Å². The normalized spacial score (nSPS) is 18.8. The van der Waals surface area contributed by atoms with Crippen LogP contribution in [0.5, 0.6) is 0 Å². The molecule has 0 aliphatic heterocycles. The first-order valence-electron chi connectivity index (χ1n) is 8.92. The molecule has 0 heterocycles. The fourth-order valence-corrected chi connectivity index (χ4v) is 3.52. The minimum absolute atomic E-state index is 0.0899. The van der Waals surface area contributed by atoms with Gasteiger partial charge in [0.25, 0.3) is 0 Å². The standard InChI is InChI=1S/C19H28BrN5O/c1-12-3-8-16(23-2)17(12)18(22)24-9-10-25-19(26)15(11-21)13-4-6-14(20)7-5-13/h4-7,12,15,23H,3,8-11,21H2,1-2H3,(H2,22,24)(H,25,26)/t12-,15-/m1/s1. The third-order valence-electron chi connectivity index (χ3n) is 4.74. The topological polar surface area (TPSA) is 106 Å². The van der Waals surface area contributed by atoms with Gasteiger partial charge in [-0.05, 0) is 36.5 Å². The third-order valence-corrected chi connectivity index (χ3v) is 5.27. The molecular formula is C19H28BrN5O. The molecule has 1 aliphatic rings. The van der Waals surface area contributed by atoms with E-state index in [0.717, 1.165) is 28.5 Å². The number of hydrogen-bond donors (Lipinski definition) is 4. The molecule has 0 bridgehead atoms. The summed E-state index contributed by atoms with van der Waals surface area (Å²) in [5.41, 5.74) is 15.1. The van der Waals surface area contributed by atoms with E-state index in [9.17, 15) is 4.79 Å². The Bertz CT molecular complexity index is 684. The van der Waals surface area contributed by atoms with Crippen LogP contribution >= 0.6 is 15.9 Å². The van der Waals surface area contributed by atoms with Gasteiger partial charge in [-0.3, -0.25) is 9.79 Å². The zero-order valence-corrected chi connectivity index (χ0v) is 17.0. The molecule has 0 unspecified atom stereocenters. The van der Waals surface area contributed by atoms with E-state index in [1.165, 1.54) is 5.70 Å². The zero-order valence-electron chi connectivity index (χ0n) is 15.4. The number of hydrogen-bond acceptors (Lipinski definition) is 4. The van der Waals surface area contributed by atoms with E-state index in [2.05, 4.69) is 38.5 Å². The van der Waals surface area contributed by atoms with Crippen molar-refractivity contribution in [2.45, 2.75) is 25.7 Å². The molecule has 2 atom stereocenters. The van der Waals surface area contributed by atoms with E-state index in [1.807, 2.05) is 31.3 Å². The molecule has 1 amide bonds. The highest BCUT2D eigenvalue weighted by Gasteiger charge is 2.24. The van der Waals surface area contributed by atoms with E-state index in [-0.39, 0.29) is 18.4 Å². The Balaban J connectivity index is 1.90. The number of carbonyl (C=O) groups excluding carboxylic acids is 1. The van der Waals surface area contributed by atoms with Crippen LogP contribution < -0.4 is 22.1 Å². The summed E-state index contributed by atoms with van der Waals surface area (Å²) >= 11 is 3.39. The molecule has 0 saturated carbocycles. The minimum atomic E-state index is -0.363. The van der Waals surface area contributed by atoms with Crippen molar-refractivity contribution in [3.8, 4) is 0 Å². The van der Waals surface area contributed by atoms with Crippen molar-refractivity contribution >= 4 is 27.7 Å². The molecule has 0 aromatic heterocycles. The van der Waals surface area contributed by atoms with Crippen LogP contribution in [0.4, 0.5) is 0 Å². The van der Waals surface area contributed by atoms with Gasteiger partial charge in [-0.15, -0.1) is 0 Å². The van der Waals surface area contributed by atoms with Crippen LogP contribution in [0.25, 0.3) is 0 Å². The van der Waals surface area contributed by atoms with Gasteiger partial charge < -0.3 is 22.1 Å². The molecule has 142 valence electrons. The Morgan fingerprint density at radius 3 is 2.69 bits per heavy atom. The smallest absolute Gasteiger partial charge is 0.228 e. The quantitative estimate of drug-likeness (QED) is 0.292. The number of nitrogens with one attached hydrogen (secondary N) is 2. The Morgan fingerprint density at radius 2 is 2.08 bits per heavy atom. The summed E-state index contributed by atoms with van der Waals surface area (Å²) in [4.78, 5) is 16.8. The number of carbonyl (C=O) groups is 1. The molecule has 7 heteroatoms. The number of halogens is 1. The molecule has 1 aromatic rings. The van der Waals surface area contributed by atoms with Crippen molar-refractivity contribution < 1.29 is 4.79 Å². The van der Waals surface area contributed by atoms with E-state index >= 15 is 0 Å². The van der Waals surface area contributed by atoms with Gasteiger partial charge in [0.2, 0.25) is 5.91 Å². The SMILES string of the molecule is CNC1=C(C(N)=NCCNC(=O)[C@H](CN)c2ccc(Br)cc2)[C@H](C)CC1. The van der Waals surface area contributed by atoms with Gasteiger partial charge in [-0.25, -0.2) is 0 Å². The van der Waals surface area contributed by atoms with Crippen LogP contribution in [0.3, 0.4) is 0 Å². The maximum Gasteiger partial charge on any atom is 0.228 e. The molecule has 1 aliphatic carbocycles. The van der Waals surface area contributed by atoms with Gasteiger partial charge in [0.15, 0.2) is 0 Å². The summed E-state index contributed by atoms with van der Waals surface area (Å²) in [5.74, 6) is 0.526. The van der Waals surface area contributed by atoms with E-state index < -0.39 is 0 Å². The van der Waals surface area contributed by atoms with Crippen LogP contribution in [0.2, 0.25) is 0 Å². The van der Waals surface area contributed by atoms with Crippen molar-refractivity contribution in [3.63, 3.8) is 0 Å². The molecule has 0 spiro atoms. The number of nitrogens with zero attached hydrogens (tertiary/aromatic N) is 1. The predicted octanol–water partition coefficient (Wildman–Crippen LogP) is 1.87. The number of rotatable bonds is 8. The number of amidine groups is 1. The summed E-state index contributed by atoms with van der Waals surface area (Å²) in [5, 5.41) is 6.11. The summed E-state index contributed by atoms with van der Waals surface area (Å²) in [6.07, 6.45) is 2.09. The van der Waals surface area contributed by atoms with Crippen molar-refractivity contribution in [1.29, 1.82) is 0 Å². The molecule has 1 aromatic carbocycles. The second-order valence-electron chi connectivity index (χ2n) is 6.48. The summed E-state index contributed by atoms with van der Waals surface area (Å²) in [7, 11) is 1.91. The molecule has 0 fully saturated rings. The number of aliphatic imine (C=N–C) groups is 1. The highest BCUT2D eigenvalue weighted by molar-refractivity contribution is 9.10. The number of benzene rings is 1. The first-order valence-corrected chi connectivity index (χ1v) is 9.71. The minimum Gasteiger partial charge on any atom is -0.391 e. The molecule has 6 nitrogen and oxygen atoms in total. The number of amides is 1. The summed E-state index contributed by atoms with van der Waals surface area (Å²) in [6.45, 7) is 3.30. The Hall–Kier alpha value is -1.86. The van der Waals surface area contributed by atoms with Crippen LogP contribution in [0, 0.1) is 5.92 Å². The van der Waals surface area contributed by atoms with Crippen molar-refractivity contribution in [1.82, 2.24) is 10.6 Å². The van der Waals surface area contributed by atoms with Crippen molar-refractivity contribution in [3.05, 3.63) is 45.6 Å². The van der Waals surface area contributed by atoms with E-state index in [1.54, 1.807) is 0 Å². The highest BCUT2D eigenvalue weighted by atomic mass is 79.9. The maximum absolute atomic E-state index is 12.4. The fraction of sp³-hybridized carbons (Fsp3) is 0.474. The molecule has 26 heavy (non-hydrogen) atoms. The number of nitrogens with two attached hydrogens (primary N) is 2. The molecule has 0 saturated heterocycles. The zero-order chi connectivity index (χ0) is 19.1. The second-order valence-corrected chi connectivity index (χ2v) is 7.40. The maximum atomic E-state index is 12.4.